The normalized spacial score (nSPS) is 17.6. The number of nitrogens with zero attached hydrogens (tertiary/aromatic N) is 5. The lowest BCUT2D eigenvalue weighted by atomic mass is 9.93. The van der Waals surface area contributed by atoms with Gasteiger partial charge in [0.1, 0.15) is 18.2 Å². The molecule has 1 aromatic carbocycles. The topological polar surface area (TPSA) is 107 Å². The summed E-state index contributed by atoms with van der Waals surface area (Å²) < 4.78 is 0. The van der Waals surface area contributed by atoms with E-state index in [9.17, 15) is 9.59 Å². The van der Waals surface area contributed by atoms with E-state index in [1.165, 1.54) is 0 Å². The van der Waals surface area contributed by atoms with Crippen molar-refractivity contribution in [3.8, 4) is 0 Å². The van der Waals surface area contributed by atoms with Crippen molar-refractivity contribution in [1.29, 1.82) is 0 Å². The maximum atomic E-state index is 13.3. The number of aryl methyl sites for hydroxylation is 2. The molecule has 1 saturated carbocycles. The standard InChI is InChI=1S/C27H33N7O2/c1-18-13-25(32-31-18)30-24-15-22(28-19(2)29-24)14-20-7-6-12-33(16-20)26(35)17-34(27(36)21-10-11-21)23-8-4-3-5-9-23/h3-5,8-9,13,15,20-21H,6-7,10-12,14,16-17H2,1-2H3,(H2,28,29,30,31,32)/t20-/m1/s1. The Bertz CT molecular complexity index is 1220. The van der Waals surface area contributed by atoms with Gasteiger partial charge in [-0.15, -0.1) is 0 Å². The molecular weight excluding hydrogens is 454 g/mol. The van der Waals surface area contributed by atoms with Crippen LogP contribution in [-0.4, -0.2) is 56.5 Å². The summed E-state index contributed by atoms with van der Waals surface area (Å²) in [5, 5.41) is 10.4. The highest BCUT2D eigenvalue weighted by Crippen LogP contribution is 2.33. The molecule has 36 heavy (non-hydrogen) atoms. The van der Waals surface area contributed by atoms with Crippen LogP contribution in [0.4, 0.5) is 17.3 Å². The van der Waals surface area contributed by atoms with Gasteiger partial charge in [0, 0.05) is 48.2 Å². The first-order valence-electron chi connectivity index (χ1n) is 12.7. The Kier molecular flexibility index (Phi) is 6.97. The molecule has 1 atom stereocenters. The van der Waals surface area contributed by atoms with Gasteiger partial charge in [0.2, 0.25) is 11.8 Å². The van der Waals surface area contributed by atoms with Crippen LogP contribution in [0.3, 0.4) is 0 Å². The first kappa shape index (κ1) is 24.0. The maximum Gasteiger partial charge on any atom is 0.242 e. The number of amides is 2. The molecule has 5 rings (SSSR count). The van der Waals surface area contributed by atoms with E-state index in [2.05, 4.69) is 25.5 Å². The van der Waals surface area contributed by atoms with Crippen LogP contribution in [0, 0.1) is 25.7 Å². The number of nitrogens with one attached hydrogen (secondary N) is 2. The van der Waals surface area contributed by atoms with Gasteiger partial charge >= 0.3 is 0 Å². The number of anilines is 3. The molecule has 2 N–H and O–H groups in total. The largest absolute Gasteiger partial charge is 0.341 e. The van der Waals surface area contributed by atoms with Crippen molar-refractivity contribution >= 4 is 29.1 Å². The van der Waals surface area contributed by atoms with E-state index in [1.807, 2.05) is 61.2 Å². The van der Waals surface area contributed by atoms with Gasteiger partial charge in [-0.2, -0.15) is 5.10 Å². The molecule has 0 radical (unpaired) electrons. The molecule has 3 heterocycles. The molecule has 0 spiro atoms. The van der Waals surface area contributed by atoms with E-state index < -0.39 is 0 Å². The molecule has 2 aromatic heterocycles. The minimum absolute atomic E-state index is 0.00711. The quantitative estimate of drug-likeness (QED) is 0.501. The Hall–Kier alpha value is -3.75. The Morgan fingerprint density at radius 3 is 2.61 bits per heavy atom. The third kappa shape index (κ3) is 5.90. The summed E-state index contributed by atoms with van der Waals surface area (Å²) in [4.78, 5) is 39.0. The summed E-state index contributed by atoms with van der Waals surface area (Å²) in [5.41, 5.74) is 2.71. The molecular formula is C27H33N7O2. The number of likely N-dealkylation sites (tertiary alicyclic amines) is 1. The number of aromatic amines is 1. The number of rotatable bonds is 8. The van der Waals surface area contributed by atoms with Gasteiger partial charge < -0.3 is 15.1 Å². The predicted molar refractivity (Wildman–Crippen MR) is 138 cm³/mol. The lowest BCUT2D eigenvalue weighted by Crippen LogP contribution is -2.47. The van der Waals surface area contributed by atoms with E-state index >= 15 is 0 Å². The number of aromatic nitrogens is 4. The van der Waals surface area contributed by atoms with E-state index in [-0.39, 0.29) is 24.3 Å². The zero-order chi connectivity index (χ0) is 25.1. The van der Waals surface area contributed by atoms with Gasteiger partial charge in [-0.1, -0.05) is 18.2 Å². The second-order valence-corrected chi connectivity index (χ2v) is 9.94. The summed E-state index contributed by atoms with van der Waals surface area (Å²) >= 11 is 0. The van der Waals surface area contributed by atoms with Crippen LogP contribution in [0.5, 0.6) is 0 Å². The monoisotopic (exact) mass is 487 g/mol. The molecule has 2 amide bonds. The fraction of sp³-hybridized carbons (Fsp3) is 0.444. The number of hydrogen-bond donors (Lipinski definition) is 2. The van der Waals surface area contributed by atoms with E-state index in [0.717, 1.165) is 61.5 Å². The smallest absolute Gasteiger partial charge is 0.242 e. The minimum atomic E-state index is 0.00711. The van der Waals surface area contributed by atoms with Crippen molar-refractivity contribution in [3.63, 3.8) is 0 Å². The summed E-state index contributed by atoms with van der Waals surface area (Å²) in [6.45, 7) is 5.32. The maximum absolute atomic E-state index is 13.3. The van der Waals surface area contributed by atoms with Crippen molar-refractivity contribution in [3.05, 3.63) is 59.7 Å². The molecule has 188 valence electrons. The zero-order valence-corrected chi connectivity index (χ0v) is 20.9. The number of piperidine rings is 1. The highest BCUT2D eigenvalue weighted by atomic mass is 16.2. The van der Waals surface area contributed by atoms with Crippen LogP contribution in [-0.2, 0) is 16.0 Å². The lowest BCUT2D eigenvalue weighted by Gasteiger charge is -2.34. The lowest BCUT2D eigenvalue weighted by molar-refractivity contribution is -0.133. The van der Waals surface area contributed by atoms with Crippen molar-refractivity contribution in [1.82, 2.24) is 25.1 Å². The van der Waals surface area contributed by atoms with Gasteiger partial charge in [0.25, 0.3) is 0 Å². The highest BCUT2D eigenvalue weighted by molar-refractivity contribution is 6.00. The Balaban J connectivity index is 1.23. The van der Waals surface area contributed by atoms with E-state index in [0.29, 0.717) is 24.1 Å². The molecule has 9 heteroatoms. The molecule has 0 bridgehead atoms. The van der Waals surface area contributed by atoms with Crippen LogP contribution >= 0.6 is 0 Å². The third-order valence-corrected chi connectivity index (χ3v) is 6.78. The predicted octanol–water partition coefficient (Wildman–Crippen LogP) is 3.78. The molecule has 1 saturated heterocycles. The molecule has 0 unspecified atom stereocenters. The van der Waals surface area contributed by atoms with Crippen LogP contribution in [0.15, 0.2) is 42.5 Å². The molecule has 3 aromatic rings. The van der Waals surface area contributed by atoms with Crippen molar-refractivity contribution in [2.24, 2.45) is 11.8 Å². The molecule has 2 fully saturated rings. The second kappa shape index (κ2) is 10.5. The molecule has 9 nitrogen and oxygen atoms in total. The van der Waals surface area contributed by atoms with Gasteiger partial charge in [-0.3, -0.25) is 14.7 Å². The molecule has 1 aliphatic carbocycles. The minimum Gasteiger partial charge on any atom is -0.341 e. The van der Waals surface area contributed by atoms with Crippen molar-refractivity contribution < 1.29 is 9.59 Å². The van der Waals surface area contributed by atoms with E-state index in [1.54, 1.807) is 4.90 Å². The second-order valence-electron chi connectivity index (χ2n) is 9.94. The number of H-pyrrole nitrogens is 1. The summed E-state index contributed by atoms with van der Waals surface area (Å²) in [5.74, 6) is 2.56. The van der Waals surface area contributed by atoms with Crippen molar-refractivity contribution in [2.75, 3.05) is 29.9 Å². The third-order valence-electron chi connectivity index (χ3n) is 6.78. The van der Waals surface area contributed by atoms with Crippen LogP contribution < -0.4 is 10.2 Å². The van der Waals surface area contributed by atoms with Crippen molar-refractivity contribution in [2.45, 2.75) is 46.0 Å². The van der Waals surface area contributed by atoms with Crippen LogP contribution in [0.25, 0.3) is 0 Å². The Labute approximate surface area is 211 Å². The molecule has 2 aliphatic rings. The summed E-state index contributed by atoms with van der Waals surface area (Å²) in [6.07, 6.45) is 4.58. The van der Waals surface area contributed by atoms with Crippen LogP contribution in [0.1, 0.15) is 42.9 Å². The highest BCUT2D eigenvalue weighted by Gasteiger charge is 2.36. The number of carbonyl (C=O) groups excluding carboxylic acids is 2. The Morgan fingerprint density at radius 1 is 1.08 bits per heavy atom. The van der Waals surface area contributed by atoms with Gasteiger partial charge in [-0.25, -0.2) is 9.97 Å². The van der Waals surface area contributed by atoms with Gasteiger partial charge in [0.05, 0.1) is 0 Å². The van der Waals surface area contributed by atoms with Crippen LogP contribution in [0.2, 0.25) is 0 Å². The SMILES string of the molecule is Cc1nc(C[C@H]2CCCN(C(=O)CN(C(=O)C3CC3)c3ccccc3)C2)cc(Nc2cc(C)[nH]n2)n1. The average Bonchev–Trinajstić information content (AvgIpc) is 3.64. The fourth-order valence-corrected chi connectivity index (χ4v) is 4.86. The number of benzene rings is 1. The summed E-state index contributed by atoms with van der Waals surface area (Å²) in [7, 11) is 0. The fourth-order valence-electron chi connectivity index (χ4n) is 4.86. The first-order valence-corrected chi connectivity index (χ1v) is 12.7. The van der Waals surface area contributed by atoms with Gasteiger partial charge in [0.15, 0.2) is 5.82 Å². The number of carbonyl (C=O) groups is 2. The first-order chi connectivity index (χ1) is 17.4. The average molecular weight is 488 g/mol. The number of hydrogen-bond acceptors (Lipinski definition) is 6. The summed E-state index contributed by atoms with van der Waals surface area (Å²) in [6, 6.07) is 13.4. The number of para-hydroxylation sites is 1. The molecule has 1 aliphatic heterocycles. The van der Waals surface area contributed by atoms with E-state index in [4.69, 9.17) is 0 Å². The Morgan fingerprint density at radius 2 is 1.89 bits per heavy atom. The zero-order valence-electron chi connectivity index (χ0n) is 20.9. The van der Waals surface area contributed by atoms with Gasteiger partial charge in [-0.05, 0) is 64.0 Å².